The fourth-order valence-electron chi connectivity index (χ4n) is 3.36. The van der Waals surface area contributed by atoms with Crippen LogP contribution in [0, 0.1) is 5.41 Å². The summed E-state index contributed by atoms with van der Waals surface area (Å²) in [7, 11) is 2.04. The number of hydrogen-bond acceptors (Lipinski definition) is 3. The number of piperidine rings is 1. The Balaban J connectivity index is 2.09. The fraction of sp³-hybridized carbons (Fsp3) is 0.667. The van der Waals surface area contributed by atoms with E-state index in [9.17, 15) is 0 Å². The molecular formula is C18H30N2O. The number of ether oxygens (including phenoxy) is 1. The first-order valence-electron chi connectivity index (χ1n) is 8.17. The fourth-order valence-corrected chi connectivity index (χ4v) is 3.36. The van der Waals surface area contributed by atoms with Gasteiger partial charge in [0.05, 0.1) is 6.61 Å². The molecule has 1 N–H and O–H groups in total. The van der Waals surface area contributed by atoms with E-state index in [-0.39, 0.29) is 0 Å². The van der Waals surface area contributed by atoms with Crippen LogP contribution in [-0.2, 0) is 0 Å². The first kappa shape index (κ1) is 16.3. The second-order valence-corrected chi connectivity index (χ2v) is 6.81. The molecule has 1 heterocycles. The molecule has 2 rings (SSSR count). The molecule has 0 amide bonds. The number of nitrogens with one attached hydrogen (secondary N) is 1. The van der Waals surface area contributed by atoms with E-state index in [4.69, 9.17) is 4.74 Å². The Hall–Kier alpha value is -1.06. The van der Waals surface area contributed by atoms with Gasteiger partial charge in [-0.25, -0.2) is 0 Å². The summed E-state index contributed by atoms with van der Waals surface area (Å²) in [6.45, 7) is 10.9. The Labute approximate surface area is 129 Å². The van der Waals surface area contributed by atoms with Crippen molar-refractivity contribution in [3.63, 3.8) is 0 Å². The Bertz CT molecular complexity index is 445. The van der Waals surface area contributed by atoms with Crippen LogP contribution in [0.2, 0.25) is 0 Å². The van der Waals surface area contributed by atoms with E-state index in [1.807, 2.05) is 20.0 Å². The molecule has 0 aromatic heterocycles. The van der Waals surface area contributed by atoms with Crippen molar-refractivity contribution in [3.05, 3.63) is 29.8 Å². The molecule has 1 aliphatic heterocycles. The highest BCUT2D eigenvalue weighted by Crippen LogP contribution is 2.31. The van der Waals surface area contributed by atoms with Gasteiger partial charge >= 0.3 is 0 Å². The van der Waals surface area contributed by atoms with Crippen LogP contribution in [0.5, 0.6) is 5.75 Å². The van der Waals surface area contributed by atoms with Gasteiger partial charge in [-0.15, -0.1) is 0 Å². The van der Waals surface area contributed by atoms with Crippen LogP contribution >= 0.6 is 0 Å². The lowest BCUT2D eigenvalue weighted by molar-refractivity contribution is 0.108. The zero-order valence-electron chi connectivity index (χ0n) is 14.0. The van der Waals surface area contributed by atoms with E-state index in [2.05, 4.69) is 42.3 Å². The van der Waals surface area contributed by atoms with Gasteiger partial charge in [0.15, 0.2) is 0 Å². The highest BCUT2D eigenvalue weighted by Gasteiger charge is 2.28. The van der Waals surface area contributed by atoms with E-state index >= 15 is 0 Å². The first-order valence-corrected chi connectivity index (χ1v) is 8.17. The molecule has 0 spiro atoms. The number of nitrogens with zero attached hydrogens (tertiary/aromatic N) is 1. The third-order valence-electron chi connectivity index (χ3n) is 4.36. The van der Waals surface area contributed by atoms with Gasteiger partial charge in [0.25, 0.3) is 0 Å². The number of hydrogen-bond donors (Lipinski definition) is 1. The van der Waals surface area contributed by atoms with Gasteiger partial charge in [-0.3, -0.25) is 0 Å². The maximum atomic E-state index is 5.79. The summed E-state index contributed by atoms with van der Waals surface area (Å²) < 4.78 is 5.79. The standard InChI is InChI=1S/C18H30N2O/c1-5-21-17-10-7-6-9-15(17)16(19-4)13-20-12-8-11-18(2,3)14-20/h6-7,9-10,16,19H,5,8,11-14H2,1-4H3. The summed E-state index contributed by atoms with van der Waals surface area (Å²) in [4.78, 5) is 2.59. The van der Waals surface area contributed by atoms with Gasteiger partial charge in [0.2, 0.25) is 0 Å². The second kappa shape index (κ2) is 7.28. The highest BCUT2D eigenvalue weighted by molar-refractivity contribution is 5.36. The summed E-state index contributed by atoms with van der Waals surface area (Å²) >= 11 is 0. The van der Waals surface area contributed by atoms with Crippen molar-refractivity contribution >= 4 is 0 Å². The summed E-state index contributed by atoms with van der Waals surface area (Å²) in [5.74, 6) is 1.01. The van der Waals surface area contributed by atoms with Crippen LogP contribution < -0.4 is 10.1 Å². The molecule has 3 heteroatoms. The van der Waals surface area contributed by atoms with Crippen molar-refractivity contribution < 1.29 is 4.74 Å². The lowest BCUT2D eigenvalue weighted by atomic mass is 9.84. The van der Waals surface area contributed by atoms with Crippen molar-refractivity contribution in [3.8, 4) is 5.75 Å². The molecule has 3 nitrogen and oxygen atoms in total. The summed E-state index contributed by atoms with van der Waals surface area (Å²) in [6, 6.07) is 8.72. The number of rotatable bonds is 6. The summed E-state index contributed by atoms with van der Waals surface area (Å²) in [5, 5.41) is 3.47. The minimum atomic E-state index is 0.321. The molecule has 0 radical (unpaired) electrons. The van der Waals surface area contributed by atoms with Gasteiger partial charge in [-0.1, -0.05) is 32.0 Å². The summed E-state index contributed by atoms with van der Waals surface area (Å²) in [5.41, 5.74) is 1.71. The van der Waals surface area contributed by atoms with Gasteiger partial charge in [0.1, 0.15) is 5.75 Å². The molecule has 0 saturated carbocycles. The van der Waals surface area contributed by atoms with Crippen molar-refractivity contribution in [2.45, 2.75) is 39.7 Å². The van der Waals surface area contributed by atoms with E-state index < -0.39 is 0 Å². The van der Waals surface area contributed by atoms with Crippen LogP contribution in [0.15, 0.2) is 24.3 Å². The molecule has 1 aromatic carbocycles. The monoisotopic (exact) mass is 290 g/mol. The zero-order chi connectivity index (χ0) is 15.3. The second-order valence-electron chi connectivity index (χ2n) is 6.81. The van der Waals surface area contributed by atoms with Crippen LogP contribution in [0.1, 0.15) is 45.2 Å². The molecule has 0 bridgehead atoms. The van der Waals surface area contributed by atoms with E-state index in [1.165, 1.54) is 31.5 Å². The quantitative estimate of drug-likeness (QED) is 0.868. The zero-order valence-corrected chi connectivity index (χ0v) is 14.0. The summed E-state index contributed by atoms with van der Waals surface area (Å²) in [6.07, 6.45) is 2.64. The Morgan fingerprint density at radius 1 is 1.33 bits per heavy atom. The molecule has 1 unspecified atom stereocenters. The predicted octanol–water partition coefficient (Wildman–Crippen LogP) is 3.47. The van der Waals surface area contributed by atoms with E-state index in [1.54, 1.807) is 0 Å². The van der Waals surface area contributed by atoms with Gasteiger partial charge < -0.3 is 15.0 Å². The smallest absolute Gasteiger partial charge is 0.124 e. The van der Waals surface area contributed by atoms with Crippen LogP contribution in [0.3, 0.4) is 0 Å². The normalized spacial score (nSPS) is 20.2. The predicted molar refractivity (Wildman–Crippen MR) is 88.9 cm³/mol. The number of benzene rings is 1. The Morgan fingerprint density at radius 3 is 2.76 bits per heavy atom. The maximum Gasteiger partial charge on any atom is 0.124 e. The van der Waals surface area contributed by atoms with Gasteiger partial charge in [0, 0.05) is 24.7 Å². The molecule has 1 fully saturated rings. The minimum Gasteiger partial charge on any atom is -0.494 e. The van der Waals surface area contributed by atoms with Crippen molar-refractivity contribution in [1.29, 1.82) is 0 Å². The largest absolute Gasteiger partial charge is 0.494 e. The highest BCUT2D eigenvalue weighted by atomic mass is 16.5. The molecule has 0 aliphatic carbocycles. The Kier molecular flexibility index (Phi) is 5.65. The van der Waals surface area contributed by atoms with Crippen LogP contribution in [0.4, 0.5) is 0 Å². The molecule has 1 aromatic rings. The van der Waals surface area contributed by atoms with Gasteiger partial charge in [-0.2, -0.15) is 0 Å². The van der Waals surface area contributed by atoms with Crippen LogP contribution in [0.25, 0.3) is 0 Å². The topological polar surface area (TPSA) is 24.5 Å². The average molecular weight is 290 g/mol. The Morgan fingerprint density at radius 2 is 2.10 bits per heavy atom. The number of likely N-dealkylation sites (N-methyl/N-ethyl adjacent to an activating group) is 1. The van der Waals surface area contributed by atoms with E-state index in [0.717, 1.165) is 12.3 Å². The first-order chi connectivity index (χ1) is 10.1. The third-order valence-corrected chi connectivity index (χ3v) is 4.36. The third kappa shape index (κ3) is 4.45. The molecular weight excluding hydrogens is 260 g/mol. The van der Waals surface area contributed by atoms with Crippen molar-refractivity contribution in [2.75, 3.05) is 33.3 Å². The molecule has 1 aliphatic rings. The SMILES string of the molecule is CCOc1ccccc1C(CN1CCCC(C)(C)C1)NC. The molecule has 118 valence electrons. The number of para-hydroxylation sites is 1. The molecule has 21 heavy (non-hydrogen) atoms. The van der Waals surface area contributed by atoms with Crippen molar-refractivity contribution in [1.82, 2.24) is 10.2 Å². The van der Waals surface area contributed by atoms with Crippen LogP contribution in [-0.4, -0.2) is 38.2 Å². The lowest BCUT2D eigenvalue weighted by Gasteiger charge is -2.39. The minimum absolute atomic E-state index is 0.321. The molecule has 1 saturated heterocycles. The maximum absolute atomic E-state index is 5.79. The molecule has 1 atom stereocenters. The van der Waals surface area contributed by atoms with E-state index in [0.29, 0.717) is 18.1 Å². The average Bonchev–Trinajstić information content (AvgIpc) is 2.45. The van der Waals surface area contributed by atoms with Gasteiger partial charge in [-0.05, 0) is 44.8 Å². The number of likely N-dealkylation sites (tertiary alicyclic amines) is 1. The lowest BCUT2D eigenvalue weighted by Crippen LogP contribution is -2.43. The van der Waals surface area contributed by atoms with Crippen molar-refractivity contribution in [2.24, 2.45) is 5.41 Å².